The van der Waals surface area contributed by atoms with Crippen molar-refractivity contribution < 1.29 is 0 Å². The zero-order valence-corrected chi connectivity index (χ0v) is 13.1. The average Bonchev–Trinajstić information content (AvgIpc) is 3.19. The fourth-order valence-corrected chi connectivity index (χ4v) is 3.25. The first kappa shape index (κ1) is 14.1. The number of anilines is 1. The fraction of sp³-hybridized carbons (Fsp3) is 0.733. The standard InChI is InChI=1S/C15H23ClN4/c1-3-20-8-4-5-12(20)10-19(2)14-9-13(16)17-15(18-14)11-6-7-11/h9,11-12H,3-8,10H2,1-2H3. The van der Waals surface area contributed by atoms with Gasteiger partial charge in [0, 0.05) is 31.6 Å². The molecular weight excluding hydrogens is 272 g/mol. The molecule has 1 aliphatic carbocycles. The number of nitrogens with zero attached hydrogens (tertiary/aromatic N) is 4. The quantitative estimate of drug-likeness (QED) is 0.782. The molecule has 20 heavy (non-hydrogen) atoms. The Hall–Kier alpha value is -0.870. The number of rotatable bonds is 5. The van der Waals surface area contributed by atoms with Crippen LogP contribution in [0.3, 0.4) is 0 Å². The van der Waals surface area contributed by atoms with E-state index in [0.717, 1.165) is 24.7 Å². The van der Waals surface area contributed by atoms with Crippen molar-refractivity contribution >= 4 is 17.4 Å². The summed E-state index contributed by atoms with van der Waals surface area (Å²) in [4.78, 5) is 13.8. The van der Waals surface area contributed by atoms with Crippen LogP contribution in [-0.2, 0) is 0 Å². The Balaban J connectivity index is 1.71. The van der Waals surface area contributed by atoms with Crippen LogP contribution in [0.1, 0.15) is 44.3 Å². The average molecular weight is 295 g/mol. The normalized spacial score (nSPS) is 23.2. The molecule has 0 aromatic carbocycles. The summed E-state index contributed by atoms with van der Waals surface area (Å²) >= 11 is 6.15. The van der Waals surface area contributed by atoms with E-state index in [4.69, 9.17) is 16.6 Å². The molecule has 2 fully saturated rings. The molecule has 0 spiro atoms. The molecule has 0 bridgehead atoms. The van der Waals surface area contributed by atoms with Crippen LogP contribution in [0, 0.1) is 0 Å². The third-order valence-electron chi connectivity index (χ3n) is 4.42. The maximum absolute atomic E-state index is 6.15. The van der Waals surface area contributed by atoms with Gasteiger partial charge in [0.2, 0.25) is 0 Å². The lowest BCUT2D eigenvalue weighted by molar-refractivity contribution is 0.270. The molecular formula is C15H23ClN4. The maximum Gasteiger partial charge on any atom is 0.135 e. The van der Waals surface area contributed by atoms with Crippen molar-refractivity contribution in [1.82, 2.24) is 14.9 Å². The van der Waals surface area contributed by atoms with E-state index in [1.165, 1.54) is 32.2 Å². The van der Waals surface area contributed by atoms with E-state index in [-0.39, 0.29) is 0 Å². The predicted molar refractivity (Wildman–Crippen MR) is 82.6 cm³/mol. The van der Waals surface area contributed by atoms with Crippen molar-refractivity contribution in [2.75, 3.05) is 31.6 Å². The van der Waals surface area contributed by atoms with Gasteiger partial charge >= 0.3 is 0 Å². The van der Waals surface area contributed by atoms with Crippen molar-refractivity contribution in [2.45, 2.75) is 44.6 Å². The summed E-state index contributed by atoms with van der Waals surface area (Å²) in [5, 5.41) is 0.572. The number of hydrogen-bond acceptors (Lipinski definition) is 4. The minimum atomic E-state index is 0.541. The number of aromatic nitrogens is 2. The molecule has 1 aliphatic heterocycles. The Bertz CT molecular complexity index is 475. The predicted octanol–water partition coefficient (Wildman–Crippen LogP) is 2.93. The smallest absolute Gasteiger partial charge is 0.135 e. The molecule has 1 unspecified atom stereocenters. The van der Waals surface area contributed by atoms with Gasteiger partial charge < -0.3 is 4.90 Å². The van der Waals surface area contributed by atoms with Crippen molar-refractivity contribution in [3.05, 3.63) is 17.0 Å². The van der Waals surface area contributed by atoms with Crippen LogP contribution in [0.5, 0.6) is 0 Å². The highest BCUT2D eigenvalue weighted by molar-refractivity contribution is 6.29. The van der Waals surface area contributed by atoms with E-state index in [9.17, 15) is 0 Å². The topological polar surface area (TPSA) is 32.3 Å². The second-order valence-electron chi connectivity index (χ2n) is 5.99. The van der Waals surface area contributed by atoms with Crippen molar-refractivity contribution in [2.24, 2.45) is 0 Å². The third-order valence-corrected chi connectivity index (χ3v) is 4.62. The maximum atomic E-state index is 6.15. The van der Waals surface area contributed by atoms with Crippen LogP contribution in [0.4, 0.5) is 5.82 Å². The Morgan fingerprint density at radius 3 is 2.85 bits per heavy atom. The molecule has 110 valence electrons. The molecule has 2 aliphatic rings. The lowest BCUT2D eigenvalue weighted by Gasteiger charge is -2.28. The Labute approximate surface area is 126 Å². The molecule has 0 amide bonds. The Morgan fingerprint density at radius 1 is 1.35 bits per heavy atom. The number of halogens is 1. The van der Waals surface area contributed by atoms with Crippen LogP contribution in [-0.4, -0.2) is 47.6 Å². The Morgan fingerprint density at radius 2 is 2.15 bits per heavy atom. The number of likely N-dealkylation sites (N-methyl/N-ethyl adjacent to an activating group) is 2. The minimum absolute atomic E-state index is 0.541. The monoisotopic (exact) mass is 294 g/mol. The SMILES string of the molecule is CCN1CCCC1CN(C)c1cc(Cl)nc(C2CC2)n1. The second kappa shape index (κ2) is 5.86. The highest BCUT2D eigenvalue weighted by Crippen LogP contribution is 2.39. The third kappa shape index (κ3) is 3.07. The second-order valence-corrected chi connectivity index (χ2v) is 6.37. The van der Waals surface area contributed by atoms with Gasteiger partial charge in [-0.3, -0.25) is 4.90 Å². The summed E-state index contributed by atoms with van der Waals surface area (Å²) in [6.07, 6.45) is 5.00. The van der Waals surface area contributed by atoms with Gasteiger partial charge in [-0.05, 0) is 38.8 Å². The first-order chi connectivity index (χ1) is 9.67. The van der Waals surface area contributed by atoms with Gasteiger partial charge in [0.25, 0.3) is 0 Å². The summed E-state index contributed by atoms with van der Waals surface area (Å²) in [6.45, 7) is 5.62. The van der Waals surface area contributed by atoms with Gasteiger partial charge in [0.15, 0.2) is 0 Å². The first-order valence-electron chi connectivity index (χ1n) is 7.67. The minimum Gasteiger partial charge on any atom is -0.358 e. The van der Waals surface area contributed by atoms with Crippen LogP contribution >= 0.6 is 11.6 Å². The fourth-order valence-electron chi connectivity index (χ4n) is 3.07. The molecule has 4 nitrogen and oxygen atoms in total. The van der Waals surface area contributed by atoms with Crippen molar-refractivity contribution in [1.29, 1.82) is 0 Å². The molecule has 0 N–H and O–H groups in total. The van der Waals surface area contributed by atoms with Gasteiger partial charge in [0.1, 0.15) is 16.8 Å². The largest absolute Gasteiger partial charge is 0.358 e. The van der Waals surface area contributed by atoms with Gasteiger partial charge in [0.05, 0.1) is 0 Å². The van der Waals surface area contributed by atoms with Gasteiger partial charge in [-0.2, -0.15) is 0 Å². The summed E-state index contributed by atoms with van der Waals surface area (Å²) < 4.78 is 0. The molecule has 0 radical (unpaired) electrons. The molecule has 1 saturated carbocycles. The van der Waals surface area contributed by atoms with E-state index in [0.29, 0.717) is 17.1 Å². The zero-order chi connectivity index (χ0) is 14.1. The first-order valence-corrected chi connectivity index (χ1v) is 8.05. The van der Waals surface area contributed by atoms with Crippen LogP contribution < -0.4 is 4.90 Å². The summed E-state index contributed by atoms with van der Waals surface area (Å²) in [6, 6.07) is 2.53. The van der Waals surface area contributed by atoms with E-state index in [1.807, 2.05) is 6.07 Å². The van der Waals surface area contributed by atoms with Crippen LogP contribution in [0.2, 0.25) is 5.15 Å². The molecule has 1 aromatic rings. The van der Waals surface area contributed by atoms with E-state index in [2.05, 4.69) is 28.8 Å². The molecule has 3 rings (SSSR count). The van der Waals surface area contributed by atoms with E-state index >= 15 is 0 Å². The molecule has 2 heterocycles. The number of likely N-dealkylation sites (tertiary alicyclic amines) is 1. The van der Waals surface area contributed by atoms with E-state index in [1.54, 1.807) is 0 Å². The zero-order valence-electron chi connectivity index (χ0n) is 12.3. The van der Waals surface area contributed by atoms with Crippen molar-refractivity contribution in [3.63, 3.8) is 0 Å². The summed E-state index contributed by atoms with van der Waals surface area (Å²) in [7, 11) is 2.11. The van der Waals surface area contributed by atoms with Crippen LogP contribution in [0.15, 0.2) is 6.07 Å². The lowest BCUT2D eigenvalue weighted by Crippen LogP contribution is -2.39. The number of hydrogen-bond donors (Lipinski definition) is 0. The van der Waals surface area contributed by atoms with Crippen LogP contribution in [0.25, 0.3) is 0 Å². The Kier molecular flexibility index (Phi) is 4.13. The van der Waals surface area contributed by atoms with Gasteiger partial charge in [-0.1, -0.05) is 18.5 Å². The van der Waals surface area contributed by atoms with Crippen molar-refractivity contribution in [3.8, 4) is 0 Å². The highest BCUT2D eigenvalue weighted by Gasteiger charge is 2.28. The molecule has 1 aromatic heterocycles. The molecule has 1 saturated heterocycles. The van der Waals surface area contributed by atoms with Gasteiger partial charge in [-0.25, -0.2) is 9.97 Å². The summed E-state index contributed by atoms with van der Waals surface area (Å²) in [5.41, 5.74) is 0. The van der Waals surface area contributed by atoms with Gasteiger partial charge in [-0.15, -0.1) is 0 Å². The molecule has 5 heteroatoms. The molecule has 1 atom stereocenters. The van der Waals surface area contributed by atoms with E-state index < -0.39 is 0 Å². The summed E-state index contributed by atoms with van der Waals surface area (Å²) in [5.74, 6) is 2.44. The highest BCUT2D eigenvalue weighted by atomic mass is 35.5. The lowest BCUT2D eigenvalue weighted by atomic mass is 10.2.